The van der Waals surface area contributed by atoms with Crippen molar-refractivity contribution in [2.75, 3.05) is 4.90 Å². The van der Waals surface area contributed by atoms with Gasteiger partial charge in [-0.05, 0) is 0 Å². The molecular weight excluding hydrogens is 740 g/mol. The minimum absolute atomic E-state index is 0.197. The summed E-state index contributed by atoms with van der Waals surface area (Å²) in [6.07, 6.45) is 6.90. The van der Waals surface area contributed by atoms with Crippen molar-refractivity contribution in [3.63, 3.8) is 0 Å². The van der Waals surface area contributed by atoms with Crippen molar-refractivity contribution in [1.29, 1.82) is 0 Å². The van der Waals surface area contributed by atoms with Gasteiger partial charge >= 0.3 is 255 Å². The first-order valence-electron chi connectivity index (χ1n) is 14.2. The predicted molar refractivity (Wildman–Crippen MR) is 171 cm³/mol. The molecule has 7 rings (SSSR count). The number of benzene rings is 5. The molecule has 0 unspecified atom stereocenters. The average Bonchev–Trinajstić information content (AvgIpc) is 3.44. The molecule has 2 aromatic heterocycles. The molecule has 0 atom stereocenters. The molecule has 8 heteroatoms. The molecule has 7 aromatic rings. The molecule has 0 fully saturated rings. The molecule has 222 valence electrons. The van der Waals surface area contributed by atoms with E-state index in [2.05, 4.69) is 145 Å². The average molecular weight is 766 g/mol. The van der Waals surface area contributed by atoms with Gasteiger partial charge in [-0.2, -0.15) is 0 Å². The van der Waals surface area contributed by atoms with Gasteiger partial charge in [-0.15, -0.1) is 0 Å². The zero-order chi connectivity index (χ0) is 30.6. The third-order valence-corrected chi connectivity index (χ3v) is 8.60. The van der Waals surface area contributed by atoms with Crippen molar-refractivity contribution in [2.24, 2.45) is 7.05 Å². The second-order valence-electron chi connectivity index (χ2n) is 10.1. The molecule has 0 amide bonds. The van der Waals surface area contributed by atoms with Crippen LogP contribution in [-0.2, 0) is 26.4 Å². The van der Waals surface area contributed by atoms with Crippen LogP contribution in [0.3, 0.4) is 0 Å². The van der Waals surface area contributed by atoms with Crippen LogP contribution in [0.5, 0.6) is 11.8 Å². The molecule has 2 heterocycles. The quantitative estimate of drug-likeness (QED) is 0.146. The van der Waals surface area contributed by atoms with Crippen molar-refractivity contribution in [3.8, 4) is 39.7 Å². The summed E-state index contributed by atoms with van der Waals surface area (Å²) in [6.45, 7) is 0. The van der Waals surface area contributed by atoms with Gasteiger partial charge in [-0.3, -0.25) is 0 Å². The van der Waals surface area contributed by atoms with E-state index in [1.807, 2.05) is 49.8 Å². The molecule has 0 spiro atoms. The van der Waals surface area contributed by atoms with E-state index in [9.17, 15) is 0 Å². The fraction of sp³-hybridized carbons (Fsp3) is 0.0270. The number of rotatable bonds is 8. The summed E-state index contributed by atoms with van der Waals surface area (Å²) in [5.41, 5.74) is 7.83. The SMILES string of the molecule is Cn1ccn(-c2[c-]c(N(c3[c-]c(Oc4ncncn4)ccc3)c3c(-c4ccccc4)cccc3-c3ccccc3)ccc2)[c]1=[Pt]. The van der Waals surface area contributed by atoms with Gasteiger partial charge < -0.3 is 0 Å². The van der Waals surface area contributed by atoms with Gasteiger partial charge in [-0.25, -0.2) is 4.98 Å². The number of para-hydroxylation sites is 1. The van der Waals surface area contributed by atoms with Crippen LogP contribution in [0.2, 0.25) is 0 Å². The summed E-state index contributed by atoms with van der Waals surface area (Å²) >= 11 is 2.33. The molecule has 45 heavy (non-hydrogen) atoms. The van der Waals surface area contributed by atoms with Crippen LogP contribution in [0.1, 0.15) is 0 Å². The summed E-state index contributed by atoms with van der Waals surface area (Å²) in [5.74, 6) is 0.477. The van der Waals surface area contributed by atoms with Crippen molar-refractivity contribution < 1.29 is 24.1 Å². The predicted octanol–water partition coefficient (Wildman–Crippen LogP) is 8.28. The first kappa shape index (κ1) is 28.4. The standard InChI is InChI=1S/C37H26N6O.Pt/c1-41-21-22-42(27-41)30-15-8-16-31(23-30)43(32-17-9-18-33(24-32)44-37-39-25-38-26-40-37)36-34(28-11-4-2-5-12-28)19-10-20-35(36)29-13-6-3-7-14-29;/h2-22,25-26H,1H3;/q-2;. The Morgan fingerprint density at radius 3 is 1.89 bits per heavy atom. The number of nitrogens with zero attached hydrogens (tertiary/aromatic N) is 6. The summed E-state index contributed by atoms with van der Waals surface area (Å²) in [5, 5.41) is 0. The Morgan fingerprint density at radius 1 is 0.667 bits per heavy atom. The second kappa shape index (κ2) is 12.7. The van der Waals surface area contributed by atoms with Gasteiger partial charge in [-0.1, -0.05) is 0 Å². The summed E-state index contributed by atoms with van der Waals surface area (Å²) in [6, 6.07) is 46.7. The number of ether oxygens (including phenoxy) is 1. The van der Waals surface area contributed by atoms with Gasteiger partial charge in [0.25, 0.3) is 0 Å². The molecule has 0 aliphatic carbocycles. The number of aromatic nitrogens is 5. The summed E-state index contributed by atoms with van der Waals surface area (Å²) in [4.78, 5) is 14.4. The van der Waals surface area contributed by atoms with Gasteiger partial charge in [0, 0.05) is 0 Å². The third kappa shape index (κ3) is 5.90. The van der Waals surface area contributed by atoms with Gasteiger partial charge in [0.15, 0.2) is 0 Å². The molecule has 0 saturated heterocycles. The van der Waals surface area contributed by atoms with Crippen LogP contribution in [-0.4, -0.2) is 24.1 Å². The van der Waals surface area contributed by atoms with E-state index in [1.165, 1.54) is 12.7 Å². The Balaban J connectivity index is 1.49. The molecule has 0 saturated carbocycles. The van der Waals surface area contributed by atoms with E-state index in [0.29, 0.717) is 5.75 Å². The van der Waals surface area contributed by atoms with E-state index in [-0.39, 0.29) is 6.01 Å². The normalized spacial score (nSPS) is 10.9. The summed E-state index contributed by atoms with van der Waals surface area (Å²) in [7, 11) is 2.03. The first-order chi connectivity index (χ1) is 22.2. The monoisotopic (exact) mass is 765 g/mol. The molecule has 0 bridgehead atoms. The molecule has 0 aliphatic rings. The maximum absolute atomic E-state index is 6.02. The number of hydrogen-bond donors (Lipinski definition) is 0. The van der Waals surface area contributed by atoms with E-state index < -0.39 is 0 Å². The number of anilines is 3. The zero-order valence-corrected chi connectivity index (χ0v) is 26.5. The molecular formula is C37H26N6OPt-2. The van der Waals surface area contributed by atoms with E-state index in [4.69, 9.17) is 4.74 Å². The van der Waals surface area contributed by atoms with E-state index >= 15 is 0 Å². The second-order valence-corrected chi connectivity index (χ2v) is 11.2. The molecule has 0 radical (unpaired) electrons. The van der Waals surface area contributed by atoms with Crippen molar-refractivity contribution in [2.45, 2.75) is 0 Å². The van der Waals surface area contributed by atoms with Gasteiger partial charge in [0.2, 0.25) is 0 Å². The summed E-state index contributed by atoms with van der Waals surface area (Å²) < 4.78 is 11.3. The van der Waals surface area contributed by atoms with Crippen LogP contribution in [0.15, 0.2) is 140 Å². The topological polar surface area (TPSA) is 61.0 Å². The first-order valence-corrected chi connectivity index (χ1v) is 15.4. The van der Waals surface area contributed by atoms with Gasteiger partial charge in [0.1, 0.15) is 12.7 Å². The number of imidazole rings is 1. The van der Waals surface area contributed by atoms with Crippen molar-refractivity contribution in [1.82, 2.24) is 24.1 Å². The van der Waals surface area contributed by atoms with Crippen LogP contribution in [0.4, 0.5) is 17.1 Å². The van der Waals surface area contributed by atoms with E-state index in [0.717, 1.165) is 48.8 Å². The number of hydrogen-bond acceptors (Lipinski definition) is 5. The minimum atomic E-state index is 0.197. The molecule has 7 nitrogen and oxygen atoms in total. The Labute approximate surface area is 272 Å². The Bertz CT molecular complexity index is 2070. The molecule has 0 N–H and O–H groups in total. The van der Waals surface area contributed by atoms with E-state index in [1.54, 1.807) is 0 Å². The third-order valence-electron chi connectivity index (χ3n) is 7.25. The van der Waals surface area contributed by atoms with Crippen LogP contribution >= 0.6 is 0 Å². The molecule has 0 aliphatic heterocycles. The van der Waals surface area contributed by atoms with Crippen LogP contribution in [0.25, 0.3) is 27.9 Å². The Kier molecular flexibility index (Phi) is 8.00. The Hall–Kier alpha value is -5.39. The van der Waals surface area contributed by atoms with Crippen molar-refractivity contribution in [3.05, 3.63) is 156 Å². The number of aryl methyl sites for hydroxylation is 1. The fourth-order valence-electron chi connectivity index (χ4n) is 5.20. The van der Waals surface area contributed by atoms with Crippen LogP contribution in [0, 0.1) is 15.9 Å². The van der Waals surface area contributed by atoms with Crippen molar-refractivity contribution >= 4 is 17.1 Å². The fourth-order valence-corrected chi connectivity index (χ4v) is 5.81. The zero-order valence-electron chi connectivity index (χ0n) is 24.2. The van der Waals surface area contributed by atoms with Crippen LogP contribution < -0.4 is 9.64 Å². The van der Waals surface area contributed by atoms with Gasteiger partial charge in [0.05, 0.1) is 0 Å². The Morgan fingerprint density at radius 2 is 1.27 bits per heavy atom. The molecule has 5 aromatic carbocycles. The maximum atomic E-state index is 6.02.